The van der Waals surface area contributed by atoms with E-state index < -0.39 is 0 Å². The highest BCUT2D eigenvalue weighted by molar-refractivity contribution is 5.81. The van der Waals surface area contributed by atoms with Gasteiger partial charge in [0.15, 0.2) is 0 Å². The Balaban J connectivity index is 2.84. The van der Waals surface area contributed by atoms with Crippen LogP contribution >= 0.6 is 0 Å². The van der Waals surface area contributed by atoms with Crippen LogP contribution < -0.4 is 0 Å². The van der Waals surface area contributed by atoms with Crippen molar-refractivity contribution >= 4 is 5.78 Å². The monoisotopic (exact) mass is 246 g/mol. The molecular weight excluding hydrogens is 220 g/mol. The summed E-state index contributed by atoms with van der Waals surface area (Å²) in [5, 5.41) is 0. The third kappa shape index (κ3) is 4.64. The summed E-state index contributed by atoms with van der Waals surface area (Å²) in [6, 6.07) is 0. The fourth-order valence-electron chi connectivity index (χ4n) is 2.47. The molecule has 0 aromatic heterocycles. The lowest BCUT2D eigenvalue weighted by Crippen LogP contribution is -2.12. The van der Waals surface area contributed by atoms with E-state index in [9.17, 15) is 4.79 Å². The molecule has 100 valence electrons. The van der Waals surface area contributed by atoms with Gasteiger partial charge in [-0.15, -0.1) is 0 Å². The molecule has 0 spiro atoms. The van der Waals surface area contributed by atoms with E-state index in [0.717, 1.165) is 25.7 Å². The molecule has 1 rings (SSSR count). The molecule has 0 amide bonds. The molecule has 0 saturated carbocycles. The van der Waals surface area contributed by atoms with Crippen LogP contribution in [0.25, 0.3) is 0 Å². The number of carbonyl (C=O) groups is 1. The van der Waals surface area contributed by atoms with Crippen molar-refractivity contribution in [3.05, 3.63) is 34.9 Å². The van der Waals surface area contributed by atoms with Crippen LogP contribution in [0.1, 0.15) is 59.8 Å². The van der Waals surface area contributed by atoms with Crippen molar-refractivity contribution in [2.24, 2.45) is 5.92 Å². The first kappa shape index (κ1) is 14.9. The number of rotatable bonds is 1. The predicted octanol–water partition coefficient (Wildman–Crippen LogP) is 4.99. The minimum Gasteiger partial charge on any atom is -0.299 e. The molecule has 1 atom stereocenters. The topological polar surface area (TPSA) is 17.1 Å². The van der Waals surface area contributed by atoms with Gasteiger partial charge < -0.3 is 0 Å². The summed E-state index contributed by atoms with van der Waals surface area (Å²) in [5.74, 6) is 0.455. The highest BCUT2D eigenvalue weighted by atomic mass is 16.1. The minimum absolute atomic E-state index is 0.142. The number of allylic oxidation sites excluding steroid dienone is 6. The number of Topliss-reactive ketones (excluding diaryl/α,β-unsaturated/α-hetero) is 1. The third-order valence-electron chi connectivity index (χ3n) is 3.95. The second kappa shape index (κ2) is 7.35. The summed E-state index contributed by atoms with van der Waals surface area (Å²) in [6.45, 7) is 8.22. The van der Waals surface area contributed by atoms with Crippen LogP contribution in [0.2, 0.25) is 0 Å². The van der Waals surface area contributed by atoms with Crippen molar-refractivity contribution < 1.29 is 4.79 Å². The van der Waals surface area contributed by atoms with Gasteiger partial charge in [0.2, 0.25) is 0 Å². The number of ketones is 1. The quantitative estimate of drug-likeness (QED) is 0.595. The van der Waals surface area contributed by atoms with Crippen LogP contribution in [-0.2, 0) is 4.79 Å². The number of hydrogen-bond acceptors (Lipinski definition) is 1. The zero-order valence-electron chi connectivity index (χ0n) is 12.3. The van der Waals surface area contributed by atoms with Gasteiger partial charge >= 0.3 is 0 Å². The van der Waals surface area contributed by atoms with E-state index >= 15 is 0 Å². The molecule has 0 aliphatic heterocycles. The maximum absolute atomic E-state index is 11.7. The Morgan fingerprint density at radius 1 is 1.22 bits per heavy atom. The summed E-state index contributed by atoms with van der Waals surface area (Å²) in [5.41, 5.74) is 4.11. The Morgan fingerprint density at radius 3 is 2.61 bits per heavy atom. The van der Waals surface area contributed by atoms with Crippen LogP contribution in [-0.4, -0.2) is 5.78 Å². The van der Waals surface area contributed by atoms with Gasteiger partial charge in [0.1, 0.15) is 5.78 Å². The molecule has 0 N–H and O–H groups in total. The maximum atomic E-state index is 11.7. The van der Waals surface area contributed by atoms with Gasteiger partial charge in [0.25, 0.3) is 0 Å². The smallest absolute Gasteiger partial charge is 0.136 e. The summed E-state index contributed by atoms with van der Waals surface area (Å²) >= 11 is 0. The molecule has 1 nitrogen and oxygen atoms in total. The first-order valence-corrected chi connectivity index (χ1v) is 7.02. The van der Waals surface area contributed by atoms with Crippen molar-refractivity contribution in [2.75, 3.05) is 0 Å². The van der Waals surface area contributed by atoms with E-state index in [2.05, 4.69) is 39.0 Å². The maximum Gasteiger partial charge on any atom is 0.136 e. The first-order valence-electron chi connectivity index (χ1n) is 7.02. The third-order valence-corrected chi connectivity index (χ3v) is 3.95. The largest absolute Gasteiger partial charge is 0.299 e. The van der Waals surface area contributed by atoms with E-state index in [1.54, 1.807) is 6.92 Å². The zero-order valence-corrected chi connectivity index (χ0v) is 12.3. The van der Waals surface area contributed by atoms with E-state index in [4.69, 9.17) is 0 Å². The van der Waals surface area contributed by atoms with Gasteiger partial charge in [-0.2, -0.15) is 0 Å². The van der Waals surface area contributed by atoms with E-state index in [-0.39, 0.29) is 5.92 Å². The SMILES string of the molecule is CC(=O)C1CCCCC(C)=C(C)C=CCC=C1C. The summed E-state index contributed by atoms with van der Waals surface area (Å²) < 4.78 is 0. The second-order valence-electron chi connectivity index (χ2n) is 5.46. The van der Waals surface area contributed by atoms with Gasteiger partial charge in [-0.3, -0.25) is 4.79 Å². The minimum atomic E-state index is 0.142. The lowest BCUT2D eigenvalue weighted by Gasteiger charge is -2.15. The fraction of sp³-hybridized carbons (Fsp3) is 0.588. The molecule has 1 heteroatoms. The Labute approximate surface area is 112 Å². The van der Waals surface area contributed by atoms with Gasteiger partial charge in [0, 0.05) is 5.92 Å². The van der Waals surface area contributed by atoms with Crippen LogP contribution in [0.3, 0.4) is 0 Å². The summed E-state index contributed by atoms with van der Waals surface area (Å²) in [6.07, 6.45) is 12.0. The Kier molecular flexibility index (Phi) is 6.11. The predicted molar refractivity (Wildman–Crippen MR) is 78.5 cm³/mol. The normalized spacial score (nSPS) is 23.1. The van der Waals surface area contributed by atoms with E-state index in [1.807, 2.05) is 0 Å². The highest BCUT2D eigenvalue weighted by Crippen LogP contribution is 2.23. The molecule has 18 heavy (non-hydrogen) atoms. The number of carbonyl (C=O) groups excluding carboxylic acids is 1. The average molecular weight is 246 g/mol. The van der Waals surface area contributed by atoms with Crippen LogP contribution in [0.5, 0.6) is 0 Å². The fourth-order valence-corrected chi connectivity index (χ4v) is 2.47. The standard InChI is InChI=1S/C17H26O/c1-13-9-5-6-11-15(3)17(16(4)18)12-8-7-10-14(13)2/h5,9,11,17H,6-8,10,12H2,1-4H3. The first-order chi connectivity index (χ1) is 8.52. The number of hydrogen-bond donors (Lipinski definition) is 0. The van der Waals surface area contributed by atoms with Gasteiger partial charge in [-0.1, -0.05) is 41.4 Å². The van der Waals surface area contributed by atoms with E-state index in [1.165, 1.54) is 23.1 Å². The molecule has 0 fully saturated rings. The lowest BCUT2D eigenvalue weighted by molar-refractivity contribution is -0.119. The van der Waals surface area contributed by atoms with Gasteiger partial charge in [-0.05, 0) is 53.4 Å². The molecule has 0 radical (unpaired) electrons. The van der Waals surface area contributed by atoms with Crippen molar-refractivity contribution in [1.29, 1.82) is 0 Å². The van der Waals surface area contributed by atoms with Crippen LogP contribution in [0.15, 0.2) is 34.9 Å². The van der Waals surface area contributed by atoms with Crippen molar-refractivity contribution in [3.63, 3.8) is 0 Å². The molecule has 0 bridgehead atoms. The summed E-state index contributed by atoms with van der Waals surface area (Å²) in [7, 11) is 0. The van der Waals surface area contributed by atoms with E-state index in [0.29, 0.717) is 5.78 Å². The Hall–Kier alpha value is -1.11. The van der Waals surface area contributed by atoms with Gasteiger partial charge in [-0.25, -0.2) is 0 Å². The lowest BCUT2D eigenvalue weighted by atomic mass is 9.89. The zero-order chi connectivity index (χ0) is 13.5. The molecule has 1 unspecified atom stereocenters. The molecule has 0 aromatic rings. The summed E-state index contributed by atoms with van der Waals surface area (Å²) in [4.78, 5) is 11.7. The van der Waals surface area contributed by atoms with Crippen molar-refractivity contribution in [1.82, 2.24) is 0 Å². The van der Waals surface area contributed by atoms with Crippen molar-refractivity contribution in [2.45, 2.75) is 59.8 Å². The van der Waals surface area contributed by atoms with Crippen LogP contribution in [0, 0.1) is 5.92 Å². The Bertz CT molecular complexity index is 382. The molecule has 1 aliphatic carbocycles. The molecule has 1 aliphatic rings. The molecule has 0 heterocycles. The molecular formula is C17H26O. The van der Waals surface area contributed by atoms with Gasteiger partial charge in [0.05, 0.1) is 0 Å². The average Bonchev–Trinajstić information content (AvgIpc) is 2.31. The van der Waals surface area contributed by atoms with Crippen molar-refractivity contribution in [3.8, 4) is 0 Å². The Morgan fingerprint density at radius 2 is 1.94 bits per heavy atom. The molecule has 0 saturated heterocycles. The highest BCUT2D eigenvalue weighted by Gasteiger charge is 2.15. The van der Waals surface area contributed by atoms with Crippen LogP contribution in [0.4, 0.5) is 0 Å². The second-order valence-corrected chi connectivity index (χ2v) is 5.46. The molecule has 0 aromatic carbocycles.